The molecule has 4 heteroatoms. The van der Waals surface area contributed by atoms with Crippen molar-refractivity contribution in [3.63, 3.8) is 0 Å². The minimum Gasteiger partial charge on any atom is -0.508 e. The molecule has 4 nitrogen and oxygen atoms in total. The number of hydrogen-bond acceptors (Lipinski definition) is 3. The van der Waals surface area contributed by atoms with Crippen molar-refractivity contribution in [2.45, 2.75) is 25.8 Å². The van der Waals surface area contributed by atoms with E-state index < -0.39 is 0 Å². The Morgan fingerprint density at radius 1 is 1.37 bits per heavy atom. The summed E-state index contributed by atoms with van der Waals surface area (Å²) in [6, 6.07) is 5.36. The summed E-state index contributed by atoms with van der Waals surface area (Å²) in [5, 5.41) is 12.8. The zero-order valence-electron chi connectivity index (χ0n) is 11.2. The summed E-state index contributed by atoms with van der Waals surface area (Å²) < 4.78 is 0. The first-order valence-electron chi connectivity index (χ1n) is 6.96. The molecule has 2 bridgehead atoms. The second kappa shape index (κ2) is 4.85. The molecule has 0 aromatic heterocycles. The number of hydrogen-bond donors (Lipinski definition) is 2. The molecule has 1 aromatic rings. The number of piperidine rings is 3. The molecule has 3 fully saturated rings. The second-order valence-corrected chi connectivity index (χ2v) is 5.72. The van der Waals surface area contributed by atoms with Gasteiger partial charge in [-0.2, -0.15) is 0 Å². The first-order chi connectivity index (χ1) is 9.13. The molecule has 1 atom stereocenters. The Morgan fingerprint density at radius 3 is 2.68 bits per heavy atom. The molecule has 1 unspecified atom stereocenters. The van der Waals surface area contributed by atoms with Crippen LogP contribution in [0.2, 0.25) is 0 Å². The Kier molecular flexibility index (Phi) is 3.19. The van der Waals surface area contributed by atoms with Gasteiger partial charge in [0.25, 0.3) is 5.91 Å². The fourth-order valence-electron chi connectivity index (χ4n) is 3.13. The summed E-state index contributed by atoms with van der Waals surface area (Å²) in [5.41, 5.74) is 1.33. The minimum absolute atomic E-state index is 0.0750. The number of carbonyl (C=O) groups is 1. The fourth-order valence-corrected chi connectivity index (χ4v) is 3.13. The number of nitrogens with one attached hydrogen (secondary N) is 1. The number of benzene rings is 1. The summed E-state index contributed by atoms with van der Waals surface area (Å²) in [6.45, 7) is 5.13. The molecule has 3 saturated heterocycles. The average molecular weight is 260 g/mol. The number of aryl methyl sites for hydroxylation is 1. The van der Waals surface area contributed by atoms with E-state index in [1.807, 2.05) is 6.92 Å². The number of aromatic hydroxyl groups is 1. The smallest absolute Gasteiger partial charge is 0.251 e. The predicted octanol–water partition coefficient (Wildman–Crippen LogP) is 1.52. The van der Waals surface area contributed by atoms with Crippen LogP contribution in [0.1, 0.15) is 28.8 Å². The van der Waals surface area contributed by atoms with Gasteiger partial charge in [-0.05, 0) is 56.5 Å². The largest absolute Gasteiger partial charge is 0.508 e. The monoisotopic (exact) mass is 260 g/mol. The van der Waals surface area contributed by atoms with E-state index in [1.165, 1.54) is 25.9 Å². The lowest BCUT2D eigenvalue weighted by Gasteiger charge is -2.44. The molecule has 2 N–H and O–H groups in total. The lowest BCUT2D eigenvalue weighted by atomic mass is 9.84. The zero-order chi connectivity index (χ0) is 13.4. The van der Waals surface area contributed by atoms with Crippen LogP contribution < -0.4 is 5.32 Å². The van der Waals surface area contributed by atoms with E-state index >= 15 is 0 Å². The van der Waals surface area contributed by atoms with Crippen molar-refractivity contribution >= 4 is 5.91 Å². The van der Waals surface area contributed by atoms with Crippen LogP contribution in [0.3, 0.4) is 0 Å². The van der Waals surface area contributed by atoms with Gasteiger partial charge in [-0.25, -0.2) is 0 Å². The van der Waals surface area contributed by atoms with Gasteiger partial charge >= 0.3 is 0 Å². The van der Waals surface area contributed by atoms with Gasteiger partial charge < -0.3 is 15.3 Å². The normalized spacial score (nSPS) is 29.2. The molecule has 19 heavy (non-hydrogen) atoms. The van der Waals surface area contributed by atoms with Crippen molar-refractivity contribution in [3.05, 3.63) is 29.3 Å². The van der Waals surface area contributed by atoms with Crippen LogP contribution in [-0.4, -0.2) is 41.6 Å². The van der Waals surface area contributed by atoms with Crippen molar-refractivity contribution in [3.8, 4) is 5.75 Å². The number of fused-ring (bicyclic) bond motifs is 3. The summed E-state index contributed by atoms with van der Waals surface area (Å²) in [6.07, 6.45) is 2.37. The van der Waals surface area contributed by atoms with Crippen LogP contribution in [0, 0.1) is 12.8 Å². The molecule has 0 spiro atoms. The molecule has 3 aliphatic heterocycles. The molecule has 1 amide bonds. The van der Waals surface area contributed by atoms with Crippen molar-refractivity contribution in [1.29, 1.82) is 0 Å². The Balaban J connectivity index is 1.69. The molecule has 102 valence electrons. The highest BCUT2D eigenvalue weighted by molar-refractivity contribution is 5.94. The second-order valence-electron chi connectivity index (χ2n) is 5.72. The van der Waals surface area contributed by atoms with E-state index in [0.29, 0.717) is 11.5 Å². The molecule has 0 aliphatic carbocycles. The van der Waals surface area contributed by atoms with Crippen LogP contribution in [0.4, 0.5) is 0 Å². The molecule has 0 saturated carbocycles. The maximum absolute atomic E-state index is 12.2. The standard InChI is InChI=1S/C15H20N2O2/c1-10-2-3-12(8-14(10)18)15(19)16-13-9-17-6-4-11(13)5-7-17/h2-3,8,11,13,18H,4-7,9H2,1H3,(H,16,19). The molecule has 3 aliphatic rings. The Labute approximate surface area is 113 Å². The summed E-state index contributed by atoms with van der Waals surface area (Å²) in [7, 11) is 0. The number of rotatable bonds is 2. The molecular formula is C15H20N2O2. The highest BCUT2D eigenvalue weighted by Crippen LogP contribution is 2.27. The first-order valence-corrected chi connectivity index (χ1v) is 6.96. The average Bonchev–Trinajstić information content (AvgIpc) is 2.43. The van der Waals surface area contributed by atoms with E-state index in [4.69, 9.17) is 0 Å². The quantitative estimate of drug-likeness (QED) is 0.848. The van der Waals surface area contributed by atoms with Crippen LogP contribution >= 0.6 is 0 Å². The van der Waals surface area contributed by atoms with Crippen molar-refractivity contribution in [2.75, 3.05) is 19.6 Å². The maximum atomic E-state index is 12.2. The maximum Gasteiger partial charge on any atom is 0.251 e. The van der Waals surface area contributed by atoms with Crippen molar-refractivity contribution in [2.24, 2.45) is 5.92 Å². The fraction of sp³-hybridized carbons (Fsp3) is 0.533. The van der Waals surface area contributed by atoms with Gasteiger partial charge in [-0.3, -0.25) is 4.79 Å². The Morgan fingerprint density at radius 2 is 2.11 bits per heavy atom. The van der Waals surface area contributed by atoms with Crippen molar-refractivity contribution in [1.82, 2.24) is 10.2 Å². The number of phenols is 1. The predicted molar refractivity (Wildman–Crippen MR) is 73.3 cm³/mol. The van der Waals surface area contributed by atoms with Gasteiger partial charge in [0.2, 0.25) is 0 Å². The van der Waals surface area contributed by atoms with Crippen LogP contribution in [0.5, 0.6) is 5.75 Å². The third-order valence-corrected chi connectivity index (χ3v) is 4.44. The lowest BCUT2D eigenvalue weighted by molar-refractivity contribution is 0.0620. The SMILES string of the molecule is Cc1ccc(C(=O)NC2CN3CCC2CC3)cc1O. The molecule has 4 rings (SSSR count). The minimum atomic E-state index is -0.0750. The van der Waals surface area contributed by atoms with E-state index in [1.54, 1.807) is 18.2 Å². The van der Waals surface area contributed by atoms with Crippen LogP contribution in [-0.2, 0) is 0 Å². The molecular weight excluding hydrogens is 240 g/mol. The van der Waals surface area contributed by atoms with Crippen molar-refractivity contribution < 1.29 is 9.90 Å². The number of amides is 1. The first kappa shape index (κ1) is 12.5. The van der Waals surface area contributed by atoms with Gasteiger partial charge in [-0.15, -0.1) is 0 Å². The summed E-state index contributed by atoms with van der Waals surface area (Å²) in [5.74, 6) is 0.726. The van der Waals surface area contributed by atoms with Gasteiger partial charge in [0.05, 0.1) is 0 Å². The lowest BCUT2D eigenvalue weighted by Crippen LogP contribution is -2.57. The third-order valence-electron chi connectivity index (χ3n) is 4.44. The highest BCUT2D eigenvalue weighted by Gasteiger charge is 2.34. The molecule has 3 heterocycles. The van der Waals surface area contributed by atoms with E-state index in [9.17, 15) is 9.90 Å². The van der Waals surface area contributed by atoms with E-state index in [0.717, 1.165) is 12.1 Å². The Bertz CT molecular complexity index is 493. The Hall–Kier alpha value is -1.55. The van der Waals surface area contributed by atoms with Gasteiger partial charge in [0.15, 0.2) is 0 Å². The van der Waals surface area contributed by atoms with E-state index in [2.05, 4.69) is 10.2 Å². The molecule has 1 aromatic carbocycles. The van der Waals surface area contributed by atoms with Gasteiger partial charge in [0.1, 0.15) is 5.75 Å². The number of phenolic OH excluding ortho intramolecular Hbond substituents is 1. The number of nitrogens with zero attached hydrogens (tertiary/aromatic N) is 1. The summed E-state index contributed by atoms with van der Waals surface area (Å²) in [4.78, 5) is 14.6. The third kappa shape index (κ3) is 2.45. The van der Waals surface area contributed by atoms with Crippen LogP contribution in [0.25, 0.3) is 0 Å². The topological polar surface area (TPSA) is 52.6 Å². The summed E-state index contributed by atoms with van der Waals surface area (Å²) >= 11 is 0. The molecule has 0 radical (unpaired) electrons. The van der Waals surface area contributed by atoms with Crippen LogP contribution in [0.15, 0.2) is 18.2 Å². The van der Waals surface area contributed by atoms with Gasteiger partial charge in [-0.1, -0.05) is 6.07 Å². The number of carbonyl (C=O) groups excluding carboxylic acids is 1. The highest BCUT2D eigenvalue weighted by atomic mass is 16.3. The van der Waals surface area contributed by atoms with Gasteiger partial charge in [0, 0.05) is 18.2 Å². The van der Waals surface area contributed by atoms with E-state index in [-0.39, 0.29) is 17.7 Å². The zero-order valence-corrected chi connectivity index (χ0v) is 11.2.